The van der Waals surface area contributed by atoms with Crippen LogP contribution in [0.3, 0.4) is 0 Å². The minimum Gasteiger partial charge on any atom is -0.359 e. The second-order valence-corrected chi connectivity index (χ2v) is 2.68. The molecule has 1 aliphatic heterocycles. The first-order valence-corrected chi connectivity index (χ1v) is 3.95. The van der Waals surface area contributed by atoms with Crippen molar-refractivity contribution in [3.63, 3.8) is 0 Å². The topological polar surface area (TPSA) is 70.2 Å². The monoisotopic (exact) mass is 171 g/mol. The van der Waals surface area contributed by atoms with Gasteiger partial charge in [-0.05, 0) is 0 Å². The molecule has 1 atom stereocenters. The maximum atomic E-state index is 11.1. The highest BCUT2D eigenvalue weighted by Crippen LogP contribution is 1.95. The Morgan fingerprint density at radius 3 is 3.00 bits per heavy atom. The molecular formula is C7H13N3O2. The van der Waals surface area contributed by atoms with Gasteiger partial charge in [0.15, 0.2) is 0 Å². The van der Waals surface area contributed by atoms with Gasteiger partial charge in [0.25, 0.3) is 0 Å². The van der Waals surface area contributed by atoms with E-state index in [0.29, 0.717) is 6.54 Å². The van der Waals surface area contributed by atoms with E-state index in [1.807, 2.05) is 0 Å². The van der Waals surface area contributed by atoms with Crippen LogP contribution in [-0.4, -0.2) is 38.0 Å². The first-order valence-electron chi connectivity index (χ1n) is 3.95. The molecule has 5 heteroatoms. The van der Waals surface area contributed by atoms with E-state index in [-0.39, 0.29) is 24.3 Å². The van der Waals surface area contributed by atoms with Gasteiger partial charge in [0, 0.05) is 20.1 Å². The van der Waals surface area contributed by atoms with E-state index in [1.54, 1.807) is 7.05 Å². The number of carbonyl (C=O) groups excluding carboxylic acids is 2. The summed E-state index contributed by atoms with van der Waals surface area (Å²) >= 11 is 0. The Morgan fingerprint density at radius 2 is 2.42 bits per heavy atom. The normalized spacial score (nSPS) is 23.1. The molecule has 0 spiro atoms. The lowest BCUT2D eigenvalue weighted by Gasteiger charge is -2.22. The van der Waals surface area contributed by atoms with Gasteiger partial charge < -0.3 is 16.0 Å². The maximum absolute atomic E-state index is 11.1. The molecular weight excluding hydrogens is 158 g/mol. The molecule has 0 aromatic carbocycles. The summed E-state index contributed by atoms with van der Waals surface area (Å²) in [6, 6.07) is -0.362. The average molecular weight is 171 g/mol. The highest BCUT2D eigenvalue weighted by Gasteiger charge is 2.23. The standard InChI is InChI=1S/C7H13N3O2/c1-8-6(11)4-5-7(12)10-3-2-9-5/h5,9H,2-4H2,1H3,(H,8,11)(H,10,12)/t5-/m0/s1. The Morgan fingerprint density at radius 1 is 1.67 bits per heavy atom. The molecule has 0 aromatic heterocycles. The Bertz CT molecular complexity index is 193. The zero-order valence-electron chi connectivity index (χ0n) is 7.02. The third kappa shape index (κ3) is 2.20. The molecule has 1 aliphatic rings. The third-order valence-corrected chi connectivity index (χ3v) is 1.80. The fourth-order valence-electron chi connectivity index (χ4n) is 1.10. The van der Waals surface area contributed by atoms with Crippen LogP contribution >= 0.6 is 0 Å². The zero-order valence-corrected chi connectivity index (χ0v) is 7.02. The summed E-state index contributed by atoms with van der Waals surface area (Å²) in [4.78, 5) is 22.0. The lowest BCUT2D eigenvalue weighted by Crippen LogP contribution is -2.54. The van der Waals surface area contributed by atoms with Crippen molar-refractivity contribution in [2.75, 3.05) is 20.1 Å². The van der Waals surface area contributed by atoms with Crippen molar-refractivity contribution in [3.8, 4) is 0 Å². The van der Waals surface area contributed by atoms with Crippen molar-refractivity contribution < 1.29 is 9.59 Å². The predicted octanol–water partition coefficient (Wildman–Crippen LogP) is -1.79. The molecule has 1 saturated heterocycles. The van der Waals surface area contributed by atoms with Gasteiger partial charge in [-0.15, -0.1) is 0 Å². The van der Waals surface area contributed by atoms with Crippen molar-refractivity contribution in [2.45, 2.75) is 12.5 Å². The van der Waals surface area contributed by atoms with Gasteiger partial charge in [-0.3, -0.25) is 9.59 Å². The van der Waals surface area contributed by atoms with Crippen molar-refractivity contribution >= 4 is 11.8 Å². The molecule has 3 N–H and O–H groups in total. The largest absolute Gasteiger partial charge is 0.359 e. The van der Waals surface area contributed by atoms with Crippen molar-refractivity contribution in [1.82, 2.24) is 16.0 Å². The van der Waals surface area contributed by atoms with Crippen LogP contribution in [0.15, 0.2) is 0 Å². The number of rotatable bonds is 2. The number of nitrogens with one attached hydrogen (secondary N) is 3. The van der Waals surface area contributed by atoms with Crippen LogP contribution in [0.2, 0.25) is 0 Å². The minimum atomic E-state index is -0.362. The van der Waals surface area contributed by atoms with E-state index >= 15 is 0 Å². The number of hydrogen-bond acceptors (Lipinski definition) is 3. The van der Waals surface area contributed by atoms with Crippen LogP contribution in [0.1, 0.15) is 6.42 Å². The van der Waals surface area contributed by atoms with Gasteiger partial charge in [-0.2, -0.15) is 0 Å². The van der Waals surface area contributed by atoms with Crippen LogP contribution < -0.4 is 16.0 Å². The molecule has 0 saturated carbocycles. The lowest BCUT2D eigenvalue weighted by molar-refractivity contribution is -0.129. The van der Waals surface area contributed by atoms with E-state index in [0.717, 1.165) is 6.54 Å². The fourth-order valence-corrected chi connectivity index (χ4v) is 1.10. The summed E-state index contributed by atoms with van der Waals surface area (Å²) in [5.74, 6) is -0.214. The van der Waals surface area contributed by atoms with E-state index in [1.165, 1.54) is 0 Å². The van der Waals surface area contributed by atoms with Gasteiger partial charge in [0.05, 0.1) is 12.5 Å². The molecule has 1 rings (SSSR count). The maximum Gasteiger partial charge on any atom is 0.237 e. The molecule has 0 bridgehead atoms. The van der Waals surface area contributed by atoms with Gasteiger partial charge in [-0.25, -0.2) is 0 Å². The highest BCUT2D eigenvalue weighted by atomic mass is 16.2. The Hall–Kier alpha value is -1.10. The van der Waals surface area contributed by atoms with E-state index in [2.05, 4.69) is 16.0 Å². The second kappa shape index (κ2) is 4.06. The lowest BCUT2D eigenvalue weighted by atomic mass is 10.1. The average Bonchev–Trinajstić information content (AvgIpc) is 2.09. The van der Waals surface area contributed by atoms with Crippen LogP contribution in [0.5, 0.6) is 0 Å². The Kier molecular flexibility index (Phi) is 3.04. The molecule has 2 amide bonds. The summed E-state index contributed by atoms with van der Waals surface area (Å²) in [5, 5.41) is 8.12. The van der Waals surface area contributed by atoms with E-state index in [9.17, 15) is 9.59 Å². The summed E-state index contributed by atoms with van der Waals surface area (Å²) < 4.78 is 0. The molecule has 68 valence electrons. The molecule has 0 radical (unpaired) electrons. The number of amides is 2. The number of carbonyl (C=O) groups is 2. The number of piperazine rings is 1. The van der Waals surface area contributed by atoms with Gasteiger partial charge >= 0.3 is 0 Å². The summed E-state index contributed by atoms with van der Waals surface area (Å²) in [7, 11) is 1.56. The third-order valence-electron chi connectivity index (χ3n) is 1.80. The molecule has 0 aromatic rings. The van der Waals surface area contributed by atoms with Crippen LogP contribution in [0.25, 0.3) is 0 Å². The summed E-state index contributed by atoms with van der Waals surface area (Å²) in [6.07, 6.45) is 0.211. The van der Waals surface area contributed by atoms with Gasteiger partial charge in [0.1, 0.15) is 0 Å². The van der Waals surface area contributed by atoms with Gasteiger partial charge in [0.2, 0.25) is 11.8 Å². The first kappa shape index (κ1) is 8.99. The second-order valence-electron chi connectivity index (χ2n) is 2.68. The van der Waals surface area contributed by atoms with Crippen molar-refractivity contribution in [3.05, 3.63) is 0 Å². The molecule has 5 nitrogen and oxygen atoms in total. The van der Waals surface area contributed by atoms with E-state index in [4.69, 9.17) is 0 Å². The SMILES string of the molecule is CNC(=O)C[C@@H]1NCCNC1=O. The minimum absolute atomic E-state index is 0.0927. The van der Waals surface area contributed by atoms with Crippen molar-refractivity contribution in [2.24, 2.45) is 0 Å². The fraction of sp³-hybridized carbons (Fsp3) is 0.714. The Balaban J connectivity index is 2.39. The molecule has 12 heavy (non-hydrogen) atoms. The predicted molar refractivity (Wildman–Crippen MR) is 43.5 cm³/mol. The Labute approximate surface area is 70.9 Å². The van der Waals surface area contributed by atoms with Gasteiger partial charge in [-0.1, -0.05) is 0 Å². The quantitative estimate of drug-likeness (QED) is 0.459. The molecule has 1 heterocycles. The molecule has 1 fully saturated rings. The smallest absolute Gasteiger partial charge is 0.237 e. The summed E-state index contributed by atoms with van der Waals surface area (Å²) in [5.41, 5.74) is 0. The van der Waals surface area contributed by atoms with E-state index < -0.39 is 0 Å². The summed E-state index contributed by atoms with van der Waals surface area (Å²) in [6.45, 7) is 1.37. The first-order chi connectivity index (χ1) is 5.74. The van der Waals surface area contributed by atoms with Crippen LogP contribution in [-0.2, 0) is 9.59 Å². The highest BCUT2D eigenvalue weighted by molar-refractivity contribution is 5.88. The number of hydrogen-bond donors (Lipinski definition) is 3. The van der Waals surface area contributed by atoms with Crippen LogP contribution in [0.4, 0.5) is 0 Å². The molecule has 0 aliphatic carbocycles. The van der Waals surface area contributed by atoms with Crippen molar-refractivity contribution in [1.29, 1.82) is 0 Å². The molecule has 0 unspecified atom stereocenters. The van der Waals surface area contributed by atoms with Crippen LogP contribution in [0, 0.1) is 0 Å². The zero-order chi connectivity index (χ0) is 8.97.